The summed E-state index contributed by atoms with van der Waals surface area (Å²) < 4.78 is 0. The molecule has 0 aromatic heterocycles. The van der Waals surface area contributed by atoms with Crippen molar-refractivity contribution in [2.45, 2.75) is 44.9 Å². The van der Waals surface area contributed by atoms with Crippen LogP contribution >= 0.6 is 0 Å². The average molecular weight is 292 g/mol. The number of rotatable bonds is 10. The van der Waals surface area contributed by atoms with Crippen molar-refractivity contribution < 1.29 is 14.7 Å². The van der Waals surface area contributed by atoms with Crippen LogP contribution in [0.3, 0.4) is 0 Å². The van der Waals surface area contributed by atoms with Crippen LogP contribution in [0.15, 0.2) is 24.3 Å². The number of hydrogen-bond acceptors (Lipinski definition) is 3. The number of anilines is 1. The summed E-state index contributed by atoms with van der Waals surface area (Å²) in [5.74, 6) is -0.691. The number of benzene rings is 1. The van der Waals surface area contributed by atoms with Crippen LogP contribution in [-0.2, 0) is 16.0 Å². The maximum absolute atomic E-state index is 11.6. The van der Waals surface area contributed by atoms with E-state index in [1.54, 1.807) is 0 Å². The maximum atomic E-state index is 11.6. The number of hydrogen-bond donors (Lipinski definition) is 3. The van der Waals surface area contributed by atoms with Crippen molar-refractivity contribution in [2.75, 3.05) is 12.3 Å². The van der Waals surface area contributed by atoms with Crippen LogP contribution in [0.4, 0.5) is 5.69 Å². The molecule has 0 saturated carbocycles. The highest BCUT2D eigenvalue weighted by atomic mass is 16.4. The number of carbonyl (C=O) groups is 2. The van der Waals surface area contributed by atoms with E-state index >= 15 is 0 Å². The number of carbonyl (C=O) groups excluding carboxylic acids is 1. The summed E-state index contributed by atoms with van der Waals surface area (Å²) in [7, 11) is 0. The molecular formula is C16H24N2O3. The summed E-state index contributed by atoms with van der Waals surface area (Å²) in [4.78, 5) is 22.0. The van der Waals surface area contributed by atoms with Crippen molar-refractivity contribution in [1.82, 2.24) is 5.32 Å². The summed E-state index contributed by atoms with van der Waals surface area (Å²) in [6.07, 6.45) is 4.87. The molecule has 116 valence electrons. The lowest BCUT2D eigenvalue weighted by atomic mass is 10.1. The number of unbranched alkanes of at least 4 members (excludes halogenated alkanes) is 3. The Labute approximate surface area is 125 Å². The Kier molecular flexibility index (Phi) is 7.94. The topological polar surface area (TPSA) is 92.4 Å². The summed E-state index contributed by atoms with van der Waals surface area (Å²) in [5, 5.41) is 11.4. The molecule has 0 unspecified atom stereocenters. The van der Waals surface area contributed by atoms with E-state index in [1.165, 1.54) is 0 Å². The van der Waals surface area contributed by atoms with Gasteiger partial charge in [0.05, 0.1) is 0 Å². The number of amides is 1. The fourth-order valence-electron chi connectivity index (χ4n) is 2.01. The third-order valence-electron chi connectivity index (χ3n) is 3.26. The fraction of sp³-hybridized carbons (Fsp3) is 0.500. The number of aliphatic carboxylic acids is 1. The van der Waals surface area contributed by atoms with Crippen LogP contribution in [0, 0.1) is 0 Å². The normalized spacial score (nSPS) is 10.3. The number of nitrogen functional groups attached to an aromatic ring is 1. The SMILES string of the molecule is Nc1ccc(CCC(=O)NCCCCCCC(=O)O)cc1. The Balaban J connectivity index is 2.01. The Hall–Kier alpha value is -2.04. The Morgan fingerprint density at radius 1 is 1.00 bits per heavy atom. The predicted octanol–water partition coefficient (Wildman–Crippen LogP) is 2.35. The molecule has 0 atom stereocenters. The molecular weight excluding hydrogens is 268 g/mol. The summed E-state index contributed by atoms with van der Waals surface area (Å²) >= 11 is 0. The summed E-state index contributed by atoms with van der Waals surface area (Å²) in [6.45, 7) is 0.660. The Morgan fingerprint density at radius 3 is 2.33 bits per heavy atom. The minimum atomic E-state index is -0.744. The van der Waals surface area contributed by atoms with Gasteiger partial charge in [-0.25, -0.2) is 0 Å². The van der Waals surface area contributed by atoms with Crippen LogP contribution in [-0.4, -0.2) is 23.5 Å². The van der Waals surface area contributed by atoms with Crippen molar-refractivity contribution in [2.24, 2.45) is 0 Å². The molecule has 4 N–H and O–H groups in total. The van der Waals surface area contributed by atoms with Gasteiger partial charge in [0, 0.05) is 25.1 Å². The van der Waals surface area contributed by atoms with Crippen LogP contribution in [0.2, 0.25) is 0 Å². The van der Waals surface area contributed by atoms with Crippen molar-refractivity contribution in [3.63, 3.8) is 0 Å². The maximum Gasteiger partial charge on any atom is 0.303 e. The molecule has 5 heteroatoms. The average Bonchev–Trinajstić information content (AvgIpc) is 2.45. The first-order valence-electron chi connectivity index (χ1n) is 7.41. The largest absolute Gasteiger partial charge is 0.481 e. The van der Waals surface area contributed by atoms with Crippen molar-refractivity contribution >= 4 is 17.6 Å². The zero-order valence-corrected chi connectivity index (χ0v) is 12.3. The molecule has 0 aliphatic rings. The predicted molar refractivity (Wildman–Crippen MR) is 82.9 cm³/mol. The molecule has 1 aromatic rings. The lowest BCUT2D eigenvalue weighted by molar-refractivity contribution is -0.137. The van der Waals surface area contributed by atoms with E-state index in [-0.39, 0.29) is 12.3 Å². The quantitative estimate of drug-likeness (QED) is 0.456. The molecule has 1 amide bonds. The molecule has 0 fully saturated rings. The highest BCUT2D eigenvalue weighted by Gasteiger charge is 2.02. The lowest BCUT2D eigenvalue weighted by Gasteiger charge is -2.05. The first-order valence-corrected chi connectivity index (χ1v) is 7.41. The van der Waals surface area contributed by atoms with Crippen LogP contribution in [0.25, 0.3) is 0 Å². The number of aryl methyl sites for hydroxylation is 1. The van der Waals surface area contributed by atoms with Gasteiger partial charge in [0.15, 0.2) is 0 Å². The van der Waals surface area contributed by atoms with E-state index in [4.69, 9.17) is 10.8 Å². The van der Waals surface area contributed by atoms with E-state index in [1.807, 2.05) is 24.3 Å². The molecule has 0 saturated heterocycles. The zero-order chi connectivity index (χ0) is 15.5. The first kappa shape index (κ1) is 17.0. The van der Waals surface area contributed by atoms with E-state index in [0.29, 0.717) is 25.8 Å². The van der Waals surface area contributed by atoms with Crippen molar-refractivity contribution in [3.8, 4) is 0 Å². The van der Waals surface area contributed by atoms with Gasteiger partial charge in [-0.15, -0.1) is 0 Å². The molecule has 1 aromatic carbocycles. The van der Waals surface area contributed by atoms with Crippen LogP contribution in [0.5, 0.6) is 0 Å². The van der Waals surface area contributed by atoms with Gasteiger partial charge in [0.1, 0.15) is 0 Å². The fourth-order valence-corrected chi connectivity index (χ4v) is 2.01. The Bertz CT molecular complexity index is 443. The van der Waals surface area contributed by atoms with Crippen molar-refractivity contribution in [1.29, 1.82) is 0 Å². The van der Waals surface area contributed by atoms with Gasteiger partial charge in [-0.1, -0.05) is 25.0 Å². The molecule has 1 rings (SSSR count). The first-order chi connectivity index (χ1) is 10.1. The van der Waals surface area contributed by atoms with Gasteiger partial charge in [-0.3, -0.25) is 9.59 Å². The minimum Gasteiger partial charge on any atom is -0.481 e. The monoisotopic (exact) mass is 292 g/mol. The number of carboxylic acids is 1. The van der Waals surface area contributed by atoms with Gasteiger partial charge in [-0.2, -0.15) is 0 Å². The third-order valence-corrected chi connectivity index (χ3v) is 3.26. The number of carboxylic acid groups (broad SMARTS) is 1. The van der Waals surface area contributed by atoms with Gasteiger partial charge < -0.3 is 16.2 Å². The van der Waals surface area contributed by atoms with E-state index in [2.05, 4.69) is 5.32 Å². The van der Waals surface area contributed by atoms with E-state index in [0.717, 1.165) is 30.5 Å². The van der Waals surface area contributed by atoms with E-state index in [9.17, 15) is 9.59 Å². The second kappa shape index (κ2) is 9.80. The molecule has 0 heterocycles. The second-order valence-electron chi connectivity index (χ2n) is 5.15. The second-order valence-corrected chi connectivity index (χ2v) is 5.15. The van der Waals surface area contributed by atoms with Crippen molar-refractivity contribution in [3.05, 3.63) is 29.8 Å². The minimum absolute atomic E-state index is 0.0531. The molecule has 0 spiro atoms. The Morgan fingerprint density at radius 2 is 1.67 bits per heavy atom. The lowest BCUT2D eigenvalue weighted by Crippen LogP contribution is -2.24. The van der Waals surface area contributed by atoms with Gasteiger partial charge >= 0.3 is 5.97 Å². The zero-order valence-electron chi connectivity index (χ0n) is 12.3. The summed E-state index contributed by atoms with van der Waals surface area (Å²) in [6, 6.07) is 7.55. The number of nitrogens with two attached hydrogens (primary N) is 1. The highest BCUT2D eigenvalue weighted by molar-refractivity contribution is 5.76. The van der Waals surface area contributed by atoms with Gasteiger partial charge in [0.25, 0.3) is 0 Å². The molecule has 21 heavy (non-hydrogen) atoms. The summed E-state index contributed by atoms with van der Waals surface area (Å²) in [5.41, 5.74) is 7.44. The smallest absolute Gasteiger partial charge is 0.303 e. The highest BCUT2D eigenvalue weighted by Crippen LogP contribution is 2.07. The molecule has 5 nitrogen and oxygen atoms in total. The molecule has 0 radical (unpaired) electrons. The van der Waals surface area contributed by atoms with Gasteiger partial charge in [-0.05, 0) is 37.0 Å². The molecule has 0 aliphatic heterocycles. The van der Waals surface area contributed by atoms with Gasteiger partial charge in [0.2, 0.25) is 5.91 Å². The molecule has 0 aliphatic carbocycles. The molecule has 0 bridgehead atoms. The van der Waals surface area contributed by atoms with Crippen LogP contribution < -0.4 is 11.1 Å². The standard InChI is InChI=1S/C16H24N2O3/c17-14-9-6-13(7-10-14)8-11-15(19)18-12-4-2-1-3-5-16(20)21/h6-7,9-10H,1-5,8,11-12,17H2,(H,18,19)(H,20,21). The number of nitrogens with one attached hydrogen (secondary N) is 1. The van der Waals surface area contributed by atoms with Crippen LogP contribution in [0.1, 0.15) is 44.1 Å². The third kappa shape index (κ3) is 8.68. The van der Waals surface area contributed by atoms with E-state index < -0.39 is 5.97 Å².